The molecule has 0 unspecified atom stereocenters. The minimum absolute atomic E-state index is 0.128. The molecule has 34 heavy (non-hydrogen) atoms. The van der Waals surface area contributed by atoms with Crippen LogP contribution in [0.4, 0.5) is 23.1 Å². The summed E-state index contributed by atoms with van der Waals surface area (Å²) in [5, 5.41) is 33.9. The Morgan fingerprint density at radius 1 is 0.882 bits per heavy atom. The van der Waals surface area contributed by atoms with Crippen molar-refractivity contribution in [1.82, 2.24) is 19.5 Å². The molecule has 0 amide bonds. The van der Waals surface area contributed by atoms with Gasteiger partial charge in [0.05, 0.1) is 18.0 Å². The highest BCUT2D eigenvalue weighted by Crippen LogP contribution is 2.26. The summed E-state index contributed by atoms with van der Waals surface area (Å²) in [5.74, 6) is 1.06. The maximum atomic E-state index is 9.35. The van der Waals surface area contributed by atoms with E-state index in [9.17, 15) is 5.26 Å². The highest BCUT2D eigenvalue weighted by molar-refractivity contribution is 5.66. The van der Waals surface area contributed by atoms with Crippen LogP contribution >= 0.6 is 0 Å². The van der Waals surface area contributed by atoms with Crippen LogP contribution in [0.5, 0.6) is 0 Å². The number of hydrogen-bond acceptors (Lipinski definition) is 8. The van der Waals surface area contributed by atoms with E-state index in [1.807, 2.05) is 38.1 Å². The van der Waals surface area contributed by atoms with Crippen LogP contribution in [-0.2, 0) is 6.54 Å². The molecule has 164 valence electrons. The number of nitrogens with one attached hydrogen (secondary N) is 2. The lowest BCUT2D eigenvalue weighted by Gasteiger charge is -2.15. The Bertz CT molecular complexity index is 1460. The van der Waals surface area contributed by atoms with Crippen LogP contribution in [0, 0.1) is 47.8 Å². The Balaban J connectivity index is 1.53. The number of aryl methyl sites for hydroxylation is 2. The summed E-state index contributed by atoms with van der Waals surface area (Å²) in [6.07, 6.45) is 3.17. The molecule has 4 aromatic rings. The van der Waals surface area contributed by atoms with Crippen molar-refractivity contribution in [1.29, 1.82) is 15.8 Å². The number of aromatic nitrogens is 4. The van der Waals surface area contributed by atoms with Crippen LogP contribution in [0.15, 0.2) is 55.0 Å². The van der Waals surface area contributed by atoms with Gasteiger partial charge in [-0.25, -0.2) is 9.97 Å². The van der Waals surface area contributed by atoms with Gasteiger partial charge < -0.3 is 15.2 Å². The number of hydrogen-bond donors (Lipinski definition) is 2. The Morgan fingerprint density at radius 2 is 1.62 bits per heavy atom. The predicted octanol–water partition coefficient (Wildman–Crippen LogP) is 4.44. The van der Waals surface area contributed by atoms with Crippen molar-refractivity contribution in [2.45, 2.75) is 20.4 Å². The first-order valence-corrected chi connectivity index (χ1v) is 10.3. The summed E-state index contributed by atoms with van der Waals surface area (Å²) in [5.41, 5.74) is 5.68. The van der Waals surface area contributed by atoms with Gasteiger partial charge in [-0.1, -0.05) is 12.1 Å². The molecule has 2 N–H and O–H groups in total. The lowest BCUT2D eigenvalue weighted by atomic mass is 10.0. The average molecular weight is 445 g/mol. The van der Waals surface area contributed by atoms with Gasteiger partial charge in [0.25, 0.3) is 0 Å². The minimum Gasteiger partial charge on any atom is -0.340 e. The van der Waals surface area contributed by atoms with Gasteiger partial charge in [0.1, 0.15) is 18.0 Å². The second-order valence-electron chi connectivity index (χ2n) is 7.60. The molecule has 0 fully saturated rings. The molecule has 0 atom stereocenters. The number of nitrogens with zero attached hydrogens (tertiary/aromatic N) is 7. The molecule has 9 heteroatoms. The maximum absolute atomic E-state index is 9.35. The van der Waals surface area contributed by atoms with Crippen molar-refractivity contribution in [3.05, 3.63) is 88.6 Å². The van der Waals surface area contributed by atoms with E-state index in [0.717, 1.165) is 28.1 Å². The topological polar surface area (TPSA) is 139 Å². The van der Waals surface area contributed by atoms with E-state index in [2.05, 4.69) is 31.7 Å². The molecule has 2 aromatic carbocycles. The quantitative estimate of drug-likeness (QED) is 0.444. The zero-order chi connectivity index (χ0) is 24.1. The van der Waals surface area contributed by atoms with Crippen molar-refractivity contribution in [2.75, 3.05) is 10.6 Å². The van der Waals surface area contributed by atoms with E-state index in [1.54, 1.807) is 41.1 Å². The first kappa shape index (κ1) is 22.0. The fraction of sp³-hybridized carbons (Fsp3) is 0.120. The second kappa shape index (κ2) is 9.52. The first-order valence-electron chi connectivity index (χ1n) is 10.3. The smallest absolute Gasteiger partial charge is 0.229 e. The normalized spacial score (nSPS) is 10.1. The number of anilines is 4. The fourth-order valence-corrected chi connectivity index (χ4v) is 3.61. The molecule has 0 aliphatic carbocycles. The summed E-state index contributed by atoms with van der Waals surface area (Å²) < 4.78 is 1.67. The molecule has 9 nitrogen and oxygen atoms in total. The Labute approximate surface area is 196 Å². The Hall–Kier alpha value is -5.20. The highest BCUT2D eigenvalue weighted by Gasteiger charge is 2.12. The Morgan fingerprint density at radius 3 is 2.26 bits per heavy atom. The monoisotopic (exact) mass is 445 g/mol. The van der Waals surface area contributed by atoms with Gasteiger partial charge in [-0.2, -0.15) is 20.8 Å². The van der Waals surface area contributed by atoms with Crippen molar-refractivity contribution >= 4 is 23.1 Å². The molecule has 0 spiro atoms. The third-order valence-corrected chi connectivity index (χ3v) is 5.17. The van der Waals surface area contributed by atoms with Crippen LogP contribution in [0.1, 0.15) is 33.6 Å². The largest absolute Gasteiger partial charge is 0.340 e. The van der Waals surface area contributed by atoms with Gasteiger partial charge in [0, 0.05) is 24.1 Å². The van der Waals surface area contributed by atoms with Gasteiger partial charge in [-0.15, -0.1) is 0 Å². The number of nitriles is 3. The molecule has 0 saturated carbocycles. The molecular formula is C25H19N9. The van der Waals surface area contributed by atoms with E-state index in [4.69, 9.17) is 10.5 Å². The molecule has 2 aromatic heterocycles. The molecule has 0 saturated heterocycles. The number of rotatable bonds is 6. The van der Waals surface area contributed by atoms with Crippen molar-refractivity contribution in [3.8, 4) is 18.2 Å². The van der Waals surface area contributed by atoms with Gasteiger partial charge in [0.2, 0.25) is 5.95 Å². The van der Waals surface area contributed by atoms with Crippen molar-refractivity contribution in [2.24, 2.45) is 0 Å². The molecule has 0 radical (unpaired) electrons. The third-order valence-electron chi connectivity index (χ3n) is 5.17. The van der Waals surface area contributed by atoms with Crippen LogP contribution in [0.25, 0.3) is 0 Å². The summed E-state index contributed by atoms with van der Waals surface area (Å²) in [4.78, 5) is 12.8. The maximum Gasteiger partial charge on any atom is 0.229 e. The van der Waals surface area contributed by atoms with Crippen LogP contribution < -0.4 is 10.6 Å². The third kappa shape index (κ3) is 4.67. The van der Waals surface area contributed by atoms with Crippen molar-refractivity contribution in [3.63, 3.8) is 0 Å². The lowest BCUT2D eigenvalue weighted by molar-refractivity contribution is 0.784. The molecule has 0 aliphatic heterocycles. The van der Waals surface area contributed by atoms with Gasteiger partial charge in [0.15, 0.2) is 11.4 Å². The summed E-state index contributed by atoms with van der Waals surface area (Å²) in [6, 6.07) is 19.0. The Kier molecular flexibility index (Phi) is 6.16. The van der Waals surface area contributed by atoms with E-state index in [0.29, 0.717) is 23.9 Å². The zero-order valence-corrected chi connectivity index (χ0v) is 18.5. The molecule has 0 bridgehead atoms. The summed E-state index contributed by atoms with van der Waals surface area (Å²) in [6.45, 7) is 4.43. The van der Waals surface area contributed by atoms with Crippen LogP contribution in [0.3, 0.4) is 0 Å². The number of benzene rings is 2. The number of imidazole rings is 1. The molecule has 0 aliphatic rings. The predicted molar refractivity (Wildman–Crippen MR) is 126 cm³/mol. The van der Waals surface area contributed by atoms with Crippen molar-refractivity contribution < 1.29 is 0 Å². The van der Waals surface area contributed by atoms with E-state index >= 15 is 0 Å². The van der Waals surface area contributed by atoms with Gasteiger partial charge in [-0.05, 0) is 60.9 Å². The second-order valence-corrected chi connectivity index (χ2v) is 7.60. The molecular weight excluding hydrogens is 426 g/mol. The van der Waals surface area contributed by atoms with Crippen LogP contribution in [0.2, 0.25) is 0 Å². The van der Waals surface area contributed by atoms with Gasteiger partial charge >= 0.3 is 0 Å². The van der Waals surface area contributed by atoms with Gasteiger partial charge in [-0.3, -0.25) is 0 Å². The summed E-state index contributed by atoms with van der Waals surface area (Å²) in [7, 11) is 0. The SMILES string of the molecule is Cc1cc(Cn2cnc(C#N)c2C#N)cc(C)c1Nc1ccnc(Nc2ccc(C#N)cc2)n1. The standard InChI is InChI=1S/C25H19N9/c1-16-9-19(14-34-15-30-21(12-27)22(34)13-28)10-17(2)24(16)32-23-7-8-29-25(33-23)31-20-5-3-18(11-26)4-6-20/h3-10,15H,14H2,1-2H3,(H2,29,31,32,33). The molecule has 4 rings (SSSR count). The van der Waals surface area contributed by atoms with E-state index in [-0.39, 0.29) is 11.4 Å². The molecule has 2 heterocycles. The first-order chi connectivity index (χ1) is 16.5. The average Bonchev–Trinajstić information content (AvgIpc) is 3.23. The zero-order valence-electron chi connectivity index (χ0n) is 18.5. The van der Waals surface area contributed by atoms with E-state index in [1.165, 1.54) is 6.33 Å². The summed E-state index contributed by atoms with van der Waals surface area (Å²) >= 11 is 0. The fourth-order valence-electron chi connectivity index (χ4n) is 3.61. The minimum atomic E-state index is 0.128. The van der Waals surface area contributed by atoms with Crippen LogP contribution in [-0.4, -0.2) is 19.5 Å². The van der Waals surface area contributed by atoms with E-state index < -0.39 is 0 Å². The lowest BCUT2D eigenvalue weighted by Crippen LogP contribution is -2.05. The highest BCUT2D eigenvalue weighted by atomic mass is 15.1.